The van der Waals surface area contributed by atoms with Gasteiger partial charge in [-0.15, -0.1) is 0 Å². The summed E-state index contributed by atoms with van der Waals surface area (Å²) in [4.78, 5) is 5.18. The van der Waals surface area contributed by atoms with Gasteiger partial charge in [-0.05, 0) is 47.8 Å². The topological polar surface area (TPSA) is 62.0 Å². The molecule has 0 aliphatic heterocycles. The van der Waals surface area contributed by atoms with Crippen LogP contribution in [0.2, 0.25) is 0 Å². The van der Waals surface area contributed by atoms with Crippen LogP contribution in [0.4, 0.5) is 0 Å². The summed E-state index contributed by atoms with van der Waals surface area (Å²) < 4.78 is 0.299. The lowest BCUT2D eigenvalue weighted by molar-refractivity contribution is 0.158. The maximum atomic E-state index is 9.84. The summed E-state index contributed by atoms with van der Waals surface area (Å²) in [6.07, 6.45) is 9.36. The van der Waals surface area contributed by atoms with E-state index in [4.69, 9.17) is 4.84 Å². The third kappa shape index (κ3) is 7.25. The van der Waals surface area contributed by atoms with E-state index in [-0.39, 0.29) is 11.5 Å². The van der Waals surface area contributed by atoms with Crippen LogP contribution >= 0.6 is 15.9 Å². The Morgan fingerprint density at radius 1 is 1.00 bits per heavy atom. The number of hydrogen-bond acceptors (Lipinski definition) is 4. The van der Waals surface area contributed by atoms with Crippen LogP contribution in [0.5, 0.6) is 11.5 Å². The number of halogens is 1. The Bertz CT molecular complexity index is 480. The predicted molar refractivity (Wildman–Crippen MR) is 98.2 cm³/mol. The molecular formula is C18H28BrNO3. The average Bonchev–Trinajstić information content (AvgIpc) is 2.54. The van der Waals surface area contributed by atoms with Crippen molar-refractivity contribution in [2.75, 3.05) is 6.61 Å². The molecule has 1 aromatic carbocycles. The lowest BCUT2D eigenvalue weighted by Gasteiger charge is -2.09. The van der Waals surface area contributed by atoms with Gasteiger partial charge in [0.05, 0.1) is 5.71 Å². The molecule has 4 nitrogen and oxygen atoms in total. The van der Waals surface area contributed by atoms with Crippen molar-refractivity contribution in [1.29, 1.82) is 0 Å². The van der Waals surface area contributed by atoms with Gasteiger partial charge in [0.1, 0.15) is 22.6 Å². The fourth-order valence-electron chi connectivity index (χ4n) is 2.40. The van der Waals surface area contributed by atoms with E-state index in [2.05, 4.69) is 28.0 Å². The molecule has 0 amide bonds. The summed E-state index contributed by atoms with van der Waals surface area (Å²) in [6, 6.07) is 3.20. The molecule has 0 aliphatic rings. The van der Waals surface area contributed by atoms with Crippen LogP contribution in [-0.2, 0) is 4.84 Å². The summed E-state index contributed by atoms with van der Waals surface area (Å²) in [6.45, 7) is 4.60. The molecule has 130 valence electrons. The Hall–Kier alpha value is -1.23. The van der Waals surface area contributed by atoms with Gasteiger partial charge in [0.15, 0.2) is 0 Å². The Kier molecular flexibility index (Phi) is 9.76. The van der Waals surface area contributed by atoms with E-state index in [9.17, 15) is 10.2 Å². The molecule has 0 unspecified atom stereocenters. The van der Waals surface area contributed by atoms with Gasteiger partial charge >= 0.3 is 0 Å². The first-order valence-electron chi connectivity index (χ1n) is 8.50. The molecule has 5 heteroatoms. The van der Waals surface area contributed by atoms with Crippen molar-refractivity contribution in [2.24, 2.45) is 5.16 Å². The molecule has 0 aliphatic carbocycles. The highest BCUT2D eigenvalue weighted by atomic mass is 79.9. The van der Waals surface area contributed by atoms with Crippen molar-refractivity contribution in [3.63, 3.8) is 0 Å². The highest BCUT2D eigenvalue weighted by molar-refractivity contribution is 9.10. The maximum Gasteiger partial charge on any atom is 0.134 e. The van der Waals surface area contributed by atoms with Crippen molar-refractivity contribution in [3.05, 3.63) is 22.2 Å². The molecule has 0 bridgehead atoms. The van der Waals surface area contributed by atoms with Crippen molar-refractivity contribution in [2.45, 2.75) is 65.2 Å². The van der Waals surface area contributed by atoms with Crippen LogP contribution in [0.3, 0.4) is 0 Å². The van der Waals surface area contributed by atoms with E-state index in [0.717, 1.165) is 25.0 Å². The van der Waals surface area contributed by atoms with Crippen LogP contribution in [0.15, 0.2) is 21.8 Å². The third-order valence-electron chi connectivity index (χ3n) is 3.69. The highest BCUT2D eigenvalue weighted by Gasteiger charge is 2.12. The highest BCUT2D eigenvalue weighted by Crippen LogP contribution is 2.34. The predicted octanol–water partition coefficient (Wildman–Crippen LogP) is 5.74. The summed E-state index contributed by atoms with van der Waals surface area (Å²) in [5.41, 5.74) is 1.46. The third-order valence-corrected chi connectivity index (χ3v) is 4.50. The van der Waals surface area contributed by atoms with Crippen molar-refractivity contribution >= 4 is 21.6 Å². The molecule has 0 saturated heterocycles. The largest absolute Gasteiger partial charge is 0.507 e. The van der Waals surface area contributed by atoms with E-state index in [1.807, 2.05) is 6.92 Å². The molecule has 0 fully saturated rings. The Balaban J connectivity index is 2.60. The molecule has 1 rings (SSSR count). The van der Waals surface area contributed by atoms with Crippen LogP contribution in [0.25, 0.3) is 0 Å². The zero-order valence-corrected chi connectivity index (χ0v) is 15.7. The fourth-order valence-corrected chi connectivity index (χ4v) is 2.62. The standard InChI is InChI=1S/C18H28BrNO3/c1-3-5-6-7-8-9-10-11-15(20-23-4-2)14-12-16(21)18(19)17(22)13-14/h12-13,21-22H,3-11H2,1-2H3. The molecule has 23 heavy (non-hydrogen) atoms. The minimum Gasteiger partial charge on any atom is -0.507 e. The van der Waals surface area contributed by atoms with Gasteiger partial charge in [0, 0.05) is 5.56 Å². The number of unbranched alkanes of at least 4 members (excludes halogenated alkanes) is 6. The molecule has 0 saturated carbocycles. The van der Waals surface area contributed by atoms with Crippen molar-refractivity contribution < 1.29 is 15.1 Å². The van der Waals surface area contributed by atoms with E-state index >= 15 is 0 Å². The van der Waals surface area contributed by atoms with Gasteiger partial charge in [-0.25, -0.2) is 0 Å². The summed E-state index contributed by atoms with van der Waals surface area (Å²) in [5, 5.41) is 23.8. The number of nitrogens with zero attached hydrogens (tertiary/aromatic N) is 1. The first-order valence-corrected chi connectivity index (χ1v) is 9.30. The minimum atomic E-state index is 0.00349. The lowest BCUT2D eigenvalue weighted by atomic mass is 10.0. The number of phenolic OH excluding ortho intramolecular Hbond substituents is 2. The van der Waals surface area contributed by atoms with Gasteiger partial charge < -0.3 is 15.1 Å². The molecule has 0 heterocycles. The molecule has 0 atom stereocenters. The van der Waals surface area contributed by atoms with Gasteiger partial charge in [-0.3, -0.25) is 0 Å². The number of phenols is 2. The van der Waals surface area contributed by atoms with Crippen molar-refractivity contribution in [3.8, 4) is 11.5 Å². The number of rotatable bonds is 11. The second kappa shape index (κ2) is 11.3. The molecule has 0 spiro atoms. The second-order valence-electron chi connectivity index (χ2n) is 5.66. The SMILES string of the molecule is CCCCCCCCCC(=NOCC)c1cc(O)c(Br)c(O)c1. The molecule has 0 aromatic heterocycles. The van der Waals surface area contributed by atoms with Gasteiger partial charge in [0.2, 0.25) is 0 Å². The van der Waals surface area contributed by atoms with E-state index in [0.29, 0.717) is 16.6 Å². The number of aromatic hydroxyl groups is 2. The zero-order chi connectivity index (χ0) is 17.1. The first-order chi connectivity index (χ1) is 11.1. The maximum absolute atomic E-state index is 9.84. The van der Waals surface area contributed by atoms with Crippen LogP contribution in [-0.4, -0.2) is 22.5 Å². The normalized spacial score (nSPS) is 11.7. The van der Waals surface area contributed by atoms with Crippen LogP contribution in [0, 0.1) is 0 Å². The second-order valence-corrected chi connectivity index (χ2v) is 6.45. The van der Waals surface area contributed by atoms with E-state index in [1.165, 1.54) is 32.1 Å². The average molecular weight is 386 g/mol. The molecular weight excluding hydrogens is 358 g/mol. The minimum absolute atomic E-state index is 0.00349. The lowest BCUT2D eigenvalue weighted by Crippen LogP contribution is -2.03. The molecule has 1 aromatic rings. The van der Waals surface area contributed by atoms with Gasteiger partial charge in [0.25, 0.3) is 0 Å². The Labute approximate surface area is 147 Å². The Morgan fingerprint density at radius 3 is 2.13 bits per heavy atom. The monoisotopic (exact) mass is 385 g/mol. The number of oxime groups is 1. The van der Waals surface area contributed by atoms with Crippen molar-refractivity contribution in [1.82, 2.24) is 0 Å². The van der Waals surface area contributed by atoms with Gasteiger partial charge in [-0.2, -0.15) is 0 Å². The zero-order valence-electron chi connectivity index (χ0n) is 14.1. The summed E-state index contributed by atoms with van der Waals surface area (Å²) >= 11 is 3.14. The summed E-state index contributed by atoms with van der Waals surface area (Å²) in [5.74, 6) is 0.00697. The van der Waals surface area contributed by atoms with E-state index in [1.54, 1.807) is 12.1 Å². The number of hydrogen-bond donors (Lipinski definition) is 2. The number of benzene rings is 1. The Morgan fingerprint density at radius 2 is 1.57 bits per heavy atom. The van der Waals surface area contributed by atoms with Crippen LogP contribution in [0.1, 0.15) is 70.8 Å². The quantitative estimate of drug-likeness (QED) is 0.290. The molecule has 2 N–H and O–H groups in total. The summed E-state index contributed by atoms with van der Waals surface area (Å²) in [7, 11) is 0. The molecule has 0 radical (unpaired) electrons. The smallest absolute Gasteiger partial charge is 0.134 e. The van der Waals surface area contributed by atoms with E-state index < -0.39 is 0 Å². The first kappa shape index (κ1) is 19.8. The van der Waals surface area contributed by atoms with Crippen LogP contribution < -0.4 is 0 Å². The fraction of sp³-hybridized carbons (Fsp3) is 0.611. The van der Waals surface area contributed by atoms with Gasteiger partial charge in [-0.1, -0.05) is 50.6 Å².